The monoisotopic (exact) mass is 337 g/mol. The molecule has 0 radical (unpaired) electrons. The van der Waals surface area contributed by atoms with Crippen LogP contribution in [0, 0.1) is 12.7 Å². The third kappa shape index (κ3) is 3.26. The van der Waals surface area contributed by atoms with Gasteiger partial charge >= 0.3 is 0 Å². The Bertz CT molecular complexity index is 861. The summed E-state index contributed by atoms with van der Waals surface area (Å²) in [5.41, 5.74) is 0.911. The number of carbonyl (C=O) groups is 1. The first-order chi connectivity index (χ1) is 10.9. The van der Waals surface area contributed by atoms with Crippen LogP contribution >= 0.6 is 0 Å². The van der Waals surface area contributed by atoms with Crippen molar-refractivity contribution in [2.75, 3.05) is 16.8 Å². The molecule has 1 saturated heterocycles. The van der Waals surface area contributed by atoms with Gasteiger partial charge in [0.2, 0.25) is 0 Å². The van der Waals surface area contributed by atoms with Crippen molar-refractivity contribution < 1.29 is 17.6 Å². The molecule has 1 aliphatic rings. The van der Waals surface area contributed by atoms with E-state index in [1.165, 1.54) is 18.2 Å². The molecule has 0 spiro atoms. The summed E-state index contributed by atoms with van der Waals surface area (Å²) >= 11 is 0. The van der Waals surface area contributed by atoms with Crippen LogP contribution in [0.15, 0.2) is 30.3 Å². The summed E-state index contributed by atoms with van der Waals surface area (Å²) in [5.74, 6) is -0.894. The van der Waals surface area contributed by atoms with E-state index in [2.05, 4.69) is 10.4 Å². The second-order valence-corrected chi connectivity index (χ2v) is 7.84. The van der Waals surface area contributed by atoms with Crippen molar-refractivity contribution in [1.82, 2.24) is 9.78 Å². The number of hydrogen-bond donors (Lipinski definition) is 1. The van der Waals surface area contributed by atoms with E-state index in [0.29, 0.717) is 12.1 Å². The van der Waals surface area contributed by atoms with E-state index >= 15 is 0 Å². The van der Waals surface area contributed by atoms with Gasteiger partial charge in [-0.05, 0) is 31.5 Å². The quantitative estimate of drug-likeness (QED) is 0.928. The highest BCUT2D eigenvalue weighted by atomic mass is 32.2. The number of benzene rings is 1. The van der Waals surface area contributed by atoms with Gasteiger partial charge in [-0.3, -0.25) is 9.48 Å². The molecule has 1 amide bonds. The Morgan fingerprint density at radius 1 is 1.39 bits per heavy atom. The fraction of sp³-hybridized carbons (Fsp3) is 0.333. The number of amides is 1. The molecule has 0 aliphatic carbocycles. The van der Waals surface area contributed by atoms with Gasteiger partial charge in [0.1, 0.15) is 5.82 Å². The third-order valence-electron chi connectivity index (χ3n) is 3.83. The molecule has 0 bridgehead atoms. The molecule has 1 aliphatic heterocycles. The van der Waals surface area contributed by atoms with Crippen LogP contribution in [0.5, 0.6) is 0 Å². The van der Waals surface area contributed by atoms with Gasteiger partial charge in [-0.1, -0.05) is 12.1 Å². The van der Waals surface area contributed by atoms with Gasteiger partial charge in [-0.25, -0.2) is 12.8 Å². The van der Waals surface area contributed by atoms with Crippen molar-refractivity contribution in [2.45, 2.75) is 19.4 Å². The van der Waals surface area contributed by atoms with Crippen LogP contribution in [0.25, 0.3) is 0 Å². The van der Waals surface area contributed by atoms with Gasteiger partial charge in [-0.15, -0.1) is 0 Å². The molecule has 1 aromatic heterocycles. The first-order valence-corrected chi connectivity index (χ1v) is 9.00. The van der Waals surface area contributed by atoms with Gasteiger partial charge < -0.3 is 5.32 Å². The molecule has 6 nitrogen and oxygen atoms in total. The van der Waals surface area contributed by atoms with Crippen molar-refractivity contribution in [3.8, 4) is 0 Å². The predicted octanol–water partition coefficient (Wildman–Crippen LogP) is 1.94. The summed E-state index contributed by atoms with van der Waals surface area (Å²) in [7, 11) is -3.04. The zero-order valence-electron chi connectivity index (χ0n) is 12.5. The van der Waals surface area contributed by atoms with Crippen molar-refractivity contribution in [3.63, 3.8) is 0 Å². The SMILES string of the molecule is Cc1cc(C(=O)Nc2ccccc2F)nn1C1CCS(=O)(=O)C1. The summed E-state index contributed by atoms with van der Waals surface area (Å²) in [6.45, 7) is 1.76. The standard InChI is InChI=1S/C15H16FN3O3S/c1-10-8-14(15(20)17-13-5-3-2-4-12(13)16)18-19(10)11-6-7-23(21,22)9-11/h2-5,8,11H,6-7,9H2,1H3,(H,17,20). The van der Waals surface area contributed by atoms with E-state index in [9.17, 15) is 17.6 Å². The maximum Gasteiger partial charge on any atom is 0.276 e. The number of sulfone groups is 1. The maximum absolute atomic E-state index is 13.6. The summed E-state index contributed by atoms with van der Waals surface area (Å²) in [4.78, 5) is 12.2. The summed E-state index contributed by atoms with van der Waals surface area (Å²) in [5, 5.41) is 6.67. The highest BCUT2D eigenvalue weighted by molar-refractivity contribution is 7.91. The van der Waals surface area contributed by atoms with E-state index in [1.54, 1.807) is 23.7 Å². The Morgan fingerprint density at radius 3 is 2.78 bits per heavy atom. The average Bonchev–Trinajstić information content (AvgIpc) is 3.04. The van der Waals surface area contributed by atoms with E-state index in [1.807, 2.05) is 0 Å². The molecule has 2 aromatic rings. The fourth-order valence-electron chi connectivity index (χ4n) is 2.69. The molecule has 8 heteroatoms. The molecule has 1 N–H and O–H groups in total. The lowest BCUT2D eigenvalue weighted by atomic mass is 10.2. The molecule has 3 rings (SSSR count). The fourth-order valence-corrected chi connectivity index (χ4v) is 4.38. The van der Waals surface area contributed by atoms with Crippen molar-refractivity contribution >= 4 is 21.4 Å². The lowest BCUT2D eigenvalue weighted by Gasteiger charge is -2.10. The summed E-state index contributed by atoms with van der Waals surface area (Å²) < 4.78 is 38.3. The minimum atomic E-state index is -3.04. The number of rotatable bonds is 3. The van der Waals surface area contributed by atoms with E-state index < -0.39 is 21.6 Å². The number of carbonyl (C=O) groups excluding carboxylic acids is 1. The second-order valence-electron chi connectivity index (χ2n) is 5.61. The van der Waals surface area contributed by atoms with Gasteiger partial charge in [0.05, 0.1) is 23.2 Å². The molecule has 122 valence electrons. The molecular weight excluding hydrogens is 321 g/mol. The van der Waals surface area contributed by atoms with E-state index in [0.717, 1.165) is 0 Å². The Labute approximate surface area is 133 Å². The number of aryl methyl sites for hydroxylation is 1. The van der Waals surface area contributed by atoms with Gasteiger partial charge in [0, 0.05) is 5.69 Å². The summed E-state index contributed by atoms with van der Waals surface area (Å²) in [6.07, 6.45) is 0.485. The van der Waals surface area contributed by atoms with E-state index in [4.69, 9.17) is 0 Å². The molecule has 2 heterocycles. The normalized spacial score (nSPS) is 19.7. The molecule has 1 aromatic carbocycles. The van der Waals surface area contributed by atoms with Crippen molar-refractivity contribution in [1.29, 1.82) is 0 Å². The number of halogens is 1. The molecule has 23 heavy (non-hydrogen) atoms. The molecule has 1 fully saturated rings. The van der Waals surface area contributed by atoms with Crippen molar-refractivity contribution in [2.24, 2.45) is 0 Å². The smallest absolute Gasteiger partial charge is 0.276 e. The van der Waals surface area contributed by atoms with Gasteiger partial charge in [-0.2, -0.15) is 5.10 Å². The minimum Gasteiger partial charge on any atom is -0.318 e. The third-order valence-corrected chi connectivity index (χ3v) is 5.58. The molecule has 1 unspecified atom stereocenters. The number of anilines is 1. The van der Waals surface area contributed by atoms with Gasteiger partial charge in [0.25, 0.3) is 5.91 Å². The number of nitrogens with zero attached hydrogens (tertiary/aromatic N) is 2. The van der Waals surface area contributed by atoms with Crippen LogP contribution in [-0.2, 0) is 9.84 Å². The average molecular weight is 337 g/mol. The Kier molecular flexibility index (Phi) is 3.93. The molecule has 1 atom stereocenters. The number of aromatic nitrogens is 2. The topological polar surface area (TPSA) is 81.1 Å². The zero-order valence-corrected chi connectivity index (χ0v) is 13.3. The van der Waals surface area contributed by atoms with E-state index in [-0.39, 0.29) is 28.9 Å². The first-order valence-electron chi connectivity index (χ1n) is 7.18. The maximum atomic E-state index is 13.6. The lowest BCUT2D eigenvalue weighted by molar-refractivity contribution is 0.102. The molecule has 0 saturated carbocycles. The number of hydrogen-bond acceptors (Lipinski definition) is 4. The minimum absolute atomic E-state index is 0.0316. The first kappa shape index (κ1) is 15.7. The van der Waals surface area contributed by atoms with Crippen LogP contribution < -0.4 is 5.32 Å². The number of para-hydroxylation sites is 1. The molecular formula is C15H16FN3O3S. The van der Waals surface area contributed by atoms with Crippen molar-refractivity contribution in [3.05, 3.63) is 47.5 Å². The lowest BCUT2D eigenvalue weighted by Crippen LogP contribution is -2.17. The van der Waals surface area contributed by atoms with Crippen LogP contribution in [0.1, 0.15) is 28.6 Å². The Hall–Kier alpha value is -2.22. The van der Waals surface area contributed by atoms with Crippen LogP contribution in [0.3, 0.4) is 0 Å². The largest absolute Gasteiger partial charge is 0.318 e. The predicted molar refractivity (Wildman–Crippen MR) is 83.6 cm³/mol. The highest BCUT2D eigenvalue weighted by Crippen LogP contribution is 2.25. The zero-order chi connectivity index (χ0) is 16.6. The van der Waals surface area contributed by atoms with Crippen LogP contribution in [0.2, 0.25) is 0 Å². The van der Waals surface area contributed by atoms with Gasteiger partial charge in [0.15, 0.2) is 15.5 Å². The van der Waals surface area contributed by atoms with Crippen LogP contribution in [0.4, 0.5) is 10.1 Å². The summed E-state index contributed by atoms with van der Waals surface area (Å²) in [6, 6.07) is 7.18. The van der Waals surface area contributed by atoms with Crippen LogP contribution in [-0.4, -0.2) is 35.6 Å². The highest BCUT2D eigenvalue weighted by Gasteiger charge is 2.31. The Morgan fingerprint density at radius 2 is 2.13 bits per heavy atom. The second kappa shape index (κ2) is 5.77. The number of nitrogens with one attached hydrogen (secondary N) is 1. The Balaban J connectivity index is 1.81.